The molecule has 1 aromatic rings. The van der Waals surface area contributed by atoms with E-state index in [1.165, 1.54) is 18.6 Å². The zero-order valence-electron chi connectivity index (χ0n) is 13.5. The highest BCUT2D eigenvalue weighted by atomic mass is 35.5. The van der Waals surface area contributed by atoms with E-state index >= 15 is 0 Å². The maximum atomic E-state index is 10.9. The summed E-state index contributed by atoms with van der Waals surface area (Å²) >= 11 is 5.81. The largest absolute Gasteiger partial charge is 0.288 e. The molecule has 2 aliphatic rings. The van der Waals surface area contributed by atoms with Crippen molar-refractivity contribution >= 4 is 29.2 Å². The van der Waals surface area contributed by atoms with Crippen molar-refractivity contribution in [2.24, 2.45) is 27.0 Å². The molecule has 0 radical (unpaired) electrons. The quantitative estimate of drug-likeness (QED) is 0.450. The minimum absolute atomic E-state index is 0.112. The number of nitro groups is 1. The maximum absolute atomic E-state index is 10.9. The van der Waals surface area contributed by atoms with Crippen molar-refractivity contribution in [1.29, 1.82) is 0 Å². The molecule has 0 aliphatic heterocycles. The zero-order chi connectivity index (χ0) is 16.8. The zero-order valence-corrected chi connectivity index (χ0v) is 14.3. The Kier molecular flexibility index (Phi) is 3.79. The summed E-state index contributed by atoms with van der Waals surface area (Å²) in [6.07, 6.45) is 4.97. The molecule has 23 heavy (non-hydrogen) atoms. The summed E-state index contributed by atoms with van der Waals surface area (Å²) < 4.78 is 0. The van der Waals surface area contributed by atoms with Crippen molar-refractivity contribution in [3.05, 3.63) is 38.9 Å². The lowest BCUT2D eigenvalue weighted by molar-refractivity contribution is -0.384. The van der Waals surface area contributed by atoms with Crippen LogP contribution in [0.3, 0.4) is 0 Å². The highest BCUT2D eigenvalue weighted by molar-refractivity contribution is 6.32. The van der Waals surface area contributed by atoms with Crippen LogP contribution in [-0.2, 0) is 0 Å². The van der Waals surface area contributed by atoms with E-state index in [1.54, 1.807) is 12.3 Å². The second-order valence-electron chi connectivity index (χ2n) is 7.25. The normalized spacial score (nSPS) is 30.4. The van der Waals surface area contributed by atoms with E-state index in [-0.39, 0.29) is 21.5 Å². The van der Waals surface area contributed by atoms with Gasteiger partial charge in [-0.15, -0.1) is 0 Å². The van der Waals surface area contributed by atoms with Crippen molar-refractivity contribution in [3.8, 4) is 0 Å². The topological polar surface area (TPSA) is 67.9 Å². The number of nitrogens with zero attached hydrogens (tertiary/aromatic N) is 3. The van der Waals surface area contributed by atoms with Crippen LogP contribution >= 0.6 is 11.6 Å². The van der Waals surface area contributed by atoms with Gasteiger partial charge in [-0.1, -0.05) is 38.4 Å². The van der Waals surface area contributed by atoms with Gasteiger partial charge in [-0.25, -0.2) is 0 Å². The fourth-order valence-electron chi connectivity index (χ4n) is 3.99. The van der Waals surface area contributed by atoms with E-state index < -0.39 is 4.92 Å². The van der Waals surface area contributed by atoms with Crippen molar-refractivity contribution < 1.29 is 4.92 Å². The molecule has 0 N–H and O–H groups in total. The number of fused-ring (bicyclic) bond motifs is 2. The molecule has 0 amide bonds. The van der Waals surface area contributed by atoms with Gasteiger partial charge in [0.15, 0.2) is 0 Å². The molecular weight excluding hydrogens is 314 g/mol. The van der Waals surface area contributed by atoms with Gasteiger partial charge in [0.1, 0.15) is 5.02 Å². The Hall–Kier alpha value is -1.75. The predicted octanol–water partition coefficient (Wildman–Crippen LogP) is 4.87. The van der Waals surface area contributed by atoms with Gasteiger partial charge in [0.05, 0.1) is 11.1 Å². The molecule has 0 heterocycles. The van der Waals surface area contributed by atoms with Crippen LogP contribution in [0.1, 0.15) is 45.6 Å². The van der Waals surface area contributed by atoms with E-state index in [0.717, 1.165) is 18.6 Å². The van der Waals surface area contributed by atoms with Crippen LogP contribution < -0.4 is 0 Å². The summed E-state index contributed by atoms with van der Waals surface area (Å²) in [7, 11) is 0. The molecule has 0 aromatic heterocycles. The van der Waals surface area contributed by atoms with Gasteiger partial charge in [-0.2, -0.15) is 10.2 Å². The maximum Gasteiger partial charge on any atom is 0.288 e. The number of hydrogen-bond donors (Lipinski definition) is 0. The molecule has 5 nitrogen and oxygen atoms in total. The summed E-state index contributed by atoms with van der Waals surface area (Å²) in [5.41, 5.74) is 2.04. The van der Waals surface area contributed by atoms with Gasteiger partial charge >= 0.3 is 0 Å². The first kappa shape index (κ1) is 16.1. The standard InChI is InChI=1S/C17H20ClN3O2/c1-16(2)12-6-7-17(16,3)15(9-12)20-19-10-11-4-5-13(18)14(8-11)21(22)23/h4-5,8,10,12H,6-7,9H2,1-3H3. The first-order valence-corrected chi connectivity index (χ1v) is 8.18. The third-order valence-electron chi connectivity index (χ3n) is 6.06. The summed E-state index contributed by atoms with van der Waals surface area (Å²) in [6, 6.07) is 4.63. The molecular formula is C17H20ClN3O2. The molecule has 2 saturated carbocycles. The molecule has 2 unspecified atom stereocenters. The lowest BCUT2D eigenvalue weighted by atomic mass is 9.70. The van der Waals surface area contributed by atoms with Gasteiger partial charge < -0.3 is 0 Å². The Morgan fingerprint density at radius 1 is 1.39 bits per heavy atom. The monoisotopic (exact) mass is 333 g/mol. The molecule has 0 spiro atoms. The second kappa shape index (κ2) is 5.41. The molecule has 2 atom stereocenters. The lowest BCUT2D eigenvalue weighted by Gasteiger charge is -2.34. The van der Waals surface area contributed by atoms with Crippen LogP contribution in [0.5, 0.6) is 0 Å². The fourth-order valence-corrected chi connectivity index (χ4v) is 4.18. The number of halogens is 1. The van der Waals surface area contributed by atoms with Gasteiger partial charge in [-0.05, 0) is 36.7 Å². The predicted molar refractivity (Wildman–Crippen MR) is 92.4 cm³/mol. The molecule has 122 valence electrons. The summed E-state index contributed by atoms with van der Waals surface area (Å²) in [5, 5.41) is 19.7. The third-order valence-corrected chi connectivity index (χ3v) is 6.38. The number of nitro benzene ring substituents is 1. The molecule has 3 rings (SSSR count). The van der Waals surface area contributed by atoms with Crippen LogP contribution in [0.25, 0.3) is 0 Å². The molecule has 2 bridgehead atoms. The summed E-state index contributed by atoms with van der Waals surface area (Å²) in [4.78, 5) is 10.4. The van der Waals surface area contributed by atoms with Gasteiger partial charge in [0.25, 0.3) is 5.69 Å². The molecule has 2 aliphatic carbocycles. The minimum Gasteiger partial charge on any atom is -0.258 e. The molecule has 1 aromatic carbocycles. The highest BCUT2D eigenvalue weighted by Crippen LogP contribution is 2.63. The molecule has 0 saturated heterocycles. The Balaban J connectivity index is 1.83. The van der Waals surface area contributed by atoms with E-state index in [2.05, 4.69) is 31.0 Å². The summed E-state index contributed by atoms with van der Waals surface area (Å²) in [6.45, 7) is 6.92. The van der Waals surface area contributed by atoms with Crippen LogP contribution in [0.15, 0.2) is 28.4 Å². The van der Waals surface area contributed by atoms with Crippen molar-refractivity contribution in [3.63, 3.8) is 0 Å². The van der Waals surface area contributed by atoms with Gasteiger partial charge in [-0.3, -0.25) is 10.1 Å². The van der Waals surface area contributed by atoms with E-state index in [4.69, 9.17) is 11.6 Å². The van der Waals surface area contributed by atoms with Crippen LogP contribution in [0, 0.1) is 26.9 Å². The fraction of sp³-hybridized carbons (Fsp3) is 0.529. The van der Waals surface area contributed by atoms with Crippen LogP contribution in [0.4, 0.5) is 5.69 Å². The first-order chi connectivity index (χ1) is 10.8. The average molecular weight is 334 g/mol. The van der Waals surface area contributed by atoms with E-state index in [0.29, 0.717) is 11.5 Å². The number of benzene rings is 1. The molecule has 6 heteroatoms. The number of hydrogen-bond acceptors (Lipinski definition) is 4. The first-order valence-electron chi connectivity index (χ1n) is 7.80. The average Bonchev–Trinajstić information content (AvgIpc) is 2.82. The van der Waals surface area contributed by atoms with Crippen molar-refractivity contribution in [2.75, 3.05) is 0 Å². The summed E-state index contributed by atoms with van der Waals surface area (Å²) in [5.74, 6) is 0.679. The van der Waals surface area contributed by atoms with Crippen molar-refractivity contribution in [2.45, 2.75) is 40.0 Å². The van der Waals surface area contributed by atoms with Gasteiger partial charge in [0.2, 0.25) is 0 Å². The smallest absolute Gasteiger partial charge is 0.258 e. The SMILES string of the molecule is CC12CCC(CC1=NN=Cc1ccc(Cl)c([N+](=O)[O-])c1)C2(C)C. The minimum atomic E-state index is -0.495. The Morgan fingerprint density at radius 3 is 2.70 bits per heavy atom. The van der Waals surface area contributed by atoms with Crippen molar-refractivity contribution in [1.82, 2.24) is 0 Å². The number of rotatable bonds is 3. The van der Waals surface area contributed by atoms with E-state index in [1.807, 2.05) is 0 Å². The van der Waals surface area contributed by atoms with Crippen LogP contribution in [-0.4, -0.2) is 16.8 Å². The molecule has 2 fully saturated rings. The lowest BCUT2D eigenvalue weighted by Crippen LogP contribution is -2.32. The highest BCUT2D eigenvalue weighted by Gasteiger charge is 2.59. The van der Waals surface area contributed by atoms with E-state index in [9.17, 15) is 10.1 Å². The third kappa shape index (κ3) is 2.47. The Labute approximate surface area is 140 Å². The second-order valence-corrected chi connectivity index (χ2v) is 7.66. The Bertz CT molecular complexity index is 727. The van der Waals surface area contributed by atoms with Crippen LogP contribution in [0.2, 0.25) is 5.02 Å². The van der Waals surface area contributed by atoms with Gasteiger partial charge in [0, 0.05) is 22.8 Å². The Morgan fingerprint density at radius 2 is 2.13 bits per heavy atom.